The number of aliphatic imine (C=N–C) groups is 1. The maximum absolute atomic E-state index is 12.9. The monoisotopic (exact) mass is 441 g/mol. The highest BCUT2D eigenvalue weighted by molar-refractivity contribution is 8.14. The van der Waals surface area contributed by atoms with Crippen molar-refractivity contribution < 1.29 is 9.59 Å². The Morgan fingerprint density at radius 3 is 2.63 bits per heavy atom. The van der Waals surface area contributed by atoms with Gasteiger partial charge in [0, 0.05) is 22.0 Å². The molecule has 1 aromatic heterocycles. The second-order valence-corrected chi connectivity index (χ2v) is 10.1. The van der Waals surface area contributed by atoms with Gasteiger partial charge in [-0.25, -0.2) is 4.99 Å². The van der Waals surface area contributed by atoms with Crippen LogP contribution in [0.4, 0.5) is 5.69 Å². The quantitative estimate of drug-likeness (QED) is 0.624. The van der Waals surface area contributed by atoms with Gasteiger partial charge >= 0.3 is 0 Å². The van der Waals surface area contributed by atoms with E-state index in [9.17, 15) is 9.59 Å². The Labute approximate surface area is 186 Å². The summed E-state index contributed by atoms with van der Waals surface area (Å²) < 4.78 is 0. The first kappa shape index (κ1) is 22.3. The van der Waals surface area contributed by atoms with Gasteiger partial charge in [0.05, 0.1) is 5.75 Å². The van der Waals surface area contributed by atoms with Gasteiger partial charge in [-0.1, -0.05) is 43.3 Å². The summed E-state index contributed by atoms with van der Waals surface area (Å²) in [6.45, 7) is 10.7. The van der Waals surface area contributed by atoms with Gasteiger partial charge in [-0.05, 0) is 56.5 Å². The molecule has 7 heteroatoms. The van der Waals surface area contributed by atoms with E-state index in [1.54, 1.807) is 16.2 Å². The Bertz CT molecular complexity index is 1020. The lowest BCUT2D eigenvalue weighted by Crippen LogP contribution is -2.34. The standard InChI is InChI=1S/C23H27N3O2S2/c1-14(2)12-26-22(28)20(11-18-8-7-17(5)30-18)25-23(26)29-13-21(27)24-19-9-6-15(3)10-16(19)4/h6-11,14H,12-13H2,1-5H3,(H,24,27). The van der Waals surface area contributed by atoms with Crippen molar-refractivity contribution >= 4 is 51.8 Å². The van der Waals surface area contributed by atoms with Crippen molar-refractivity contribution in [3.05, 3.63) is 56.9 Å². The van der Waals surface area contributed by atoms with E-state index in [2.05, 4.69) is 24.2 Å². The third-order valence-electron chi connectivity index (χ3n) is 4.49. The smallest absolute Gasteiger partial charge is 0.278 e. The molecule has 2 amide bonds. The van der Waals surface area contributed by atoms with E-state index in [4.69, 9.17) is 0 Å². The number of rotatable bonds is 6. The van der Waals surface area contributed by atoms with Crippen molar-refractivity contribution in [3.63, 3.8) is 0 Å². The highest BCUT2D eigenvalue weighted by Gasteiger charge is 2.31. The molecular formula is C23H27N3O2S2. The number of anilines is 1. The van der Waals surface area contributed by atoms with Crippen LogP contribution in [0.1, 0.15) is 34.7 Å². The highest BCUT2D eigenvalue weighted by atomic mass is 32.2. The first-order chi connectivity index (χ1) is 14.2. The minimum atomic E-state index is -0.113. The van der Waals surface area contributed by atoms with Crippen LogP contribution >= 0.6 is 23.1 Å². The van der Waals surface area contributed by atoms with E-state index >= 15 is 0 Å². The maximum Gasteiger partial charge on any atom is 0.278 e. The van der Waals surface area contributed by atoms with E-state index in [1.807, 2.05) is 57.2 Å². The molecule has 0 unspecified atom stereocenters. The molecule has 0 atom stereocenters. The lowest BCUT2D eigenvalue weighted by molar-refractivity contribution is -0.122. The van der Waals surface area contributed by atoms with Crippen LogP contribution < -0.4 is 5.32 Å². The molecule has 1 aliphatic heterocycles. The molecule has 3 rings (SSSR count). The van der Waals surface area contributed by atoms with Crippen molar-refractivity contribution in [2.45, 2.75) is 34.6 Å². The van der Waals surface area contributed by atoms with Crippen molar-refractivity contribution in [3.8, 4) is 0 Å². The van der Waals surface area contributed by atoms with E-state index in [1.165, 1.54) is 16.6 Å². The molecule has 0 saturated heterocycles. The summed E-state index contributed by atoms with van der Waals surface area (Å²) in [7, 11) is 0. The van der Waals surface area contributed by atoms with Gasteiger partial charge in [0.1, 0.15) is 5.70 Å². The van der Waals surface area contributed by atoms with E-state index in [0.717, 1.165) is 21.7 Å². The highest BCUT2D eigenvalue weighted by Crippen LogP contribution is 2.27. The number of amides is 2. The zero-order valence-corrected chi connectivity index (χ0v) is 19.6. The van der Waals surface area contributed by atoms with Crippen LogP contribution in [0.2, 0.25) is 0 Å². The summed E-state index contributed by atoms with van der Waals surface area (Å²) in [5.74, 6) is 0.274. The van der Waals surface area contributed by atoms with E-state index in [0.29, 0.717) is 23.3 Å². The second kappa shape index (κ2) is 9.62. The number of nitrogens with one attached hydrogen (secondary N) is 1. The number of nitrogens with zero attached hydrogens (tertiary/aromatic N) is 2. The fourth-order valence-corrected chi connectivity index (χ4v) is 4.73. The largest absolute Gasteiger partial charge is 0.325 e. The Morgan fingerprint density at radius 1 is 1.23 bits per heavy atom. The van der Waals surface area contributed by atoms with Gasteiger partial charge in [0.25, 0.3) is 5.91 Å². The molecule has 1 aliphatic rings. The van der Waals surface area contributed by atoms with Gasteiger partial charge in [0.2, 0.25) is 5.91 Å². The molecule has 0 saturated carbocycles. The van der Waals surface area contributed by atoms with Gasteiger partial charge in [0.15, 0.2) is 5.17 Å². The number of hydrogen-bond donors (Lipinski definition) is 1. The maximum atomic E-state index is 12.9. The number of carbonyl (C=O) groups excluding carboxylic acids is 2. The van der Waals surface area contributed by atoms with Gasteiger partial charge < -0.3 is 5.32 Å². The molecule has 0 bridgehead atoms. The van der Waals surface area contributed by atoms with Crippen LogP contribution in [-0.4, -0.2) is 34.2 Å². The van der Waals surface area contributed by atoms with Crippen LogP contribution in [0.3, 0.4) is 0 Å². The molecule has 0 fully saturated rings. The molecule has 2 aromatic rings. The lowest BCUT2D eigenvalue weighted by Gasteiger charge is -2.19. The van der Waals surface area contributed by atoms with Gasteiger partial charge in [-0.3, -0.25) is 14.5 Å². The predicted molar refractivity (Wildman–Crippen MR) is 128 cm³/mol. The summed E-state index contributed by atoms with van der Waals surface area (Å²) in [4.78, 5) is 33.8. The fraction of sp³-hybridized carbons (Fsp3) is 0.348. The topological polar surface area (TPSA) is 61.8 Å². The average molecular weight is 442 g/mol. The SMILES string of the molecule is Cc1ccc(NC(=O)CSC2=NC(=Cc3ccc(C)s3)C(=O)N2CC(C)C)c(C)c1. The molecule has 30 heavy (non-hydrogen) atoms. The summed E-state index contributed by atoms with van der Waals surface area (Å²) in [5, 5.41) is 3.54. The third-order valence-corrected chi connectivity index (χ3v) is 6.41. The molecular weight excluding hydrogens is 414 g/mol. The van der Waals surface area contributed by atoms with Crippen LogP contribution in [0.5, 0.6) is 0 Å². The van der Waals surface area contributed by atoms with E-state index in [-0.39, 0.29) is 17.6 Å². The summed E-state index contributed by atoms with van der Waals surface area (Å²) >= 11 is 2.93. The Hall–Kier alpha value is -2.38. The van der Waals surface area contributed by atoms with Crippen LogP contribution in [0.15, 0.2) is 41.0 Å². The van der Waals surface area contributed by atoms with Crippen LogP contribution in [0.25, 0.3) is 6.08 Å². The zero-order chi connectivity index (χ0) is 21.8. The Morgan fingerprint density at radius 2 is 2.00 bits per heavy atom. The van der Waals surface area contributed by atoms with Crippen molar-refractivity contribution in [1.82, 2.24) is 4.90 Å². The molecule has 0 radical (unpaired) electrons. The normalized spacial score (nSPS) is 15.3. The first-order valence-corrected chi connectivity index (χ1v) is 11.7. The van der Waals surface area contributed by atoms with Gasteiger partial charge in [-0.2, -0.15) is 0 Å². The van der Waals surface area contributed by atoms with Gasteiger partial charge in [-0.15, -0.1) is 11.3 Å². The van der Waals surface area contributed by atoms with E-state index < -0.39 is 0 Å². The number of thioether (sulfide) groups is 1. The molecule has 158 valence electrons. The number of carbonyl (C=O) groups is 2. The molecule has 1 aromatic carbocycles. The lowest BCUT2D eigenvalue weighted by atomic mass is 10.1. The summed E-state index contributed by atoms with van der Waals surface area (Å²) in [6.07, 6.45) is 1.83. The second-order valence-electron chi connectivity index (χ2n) is 7.84. The minimum absolute atomic E-state index is 0.105. The number of hydrogen-bond acceptors (Lipinski definition) is 5. The fourth-order valence-electron chi connectivity index (χ4n) is 3.10. The predicted octanol–water partition coefficient (Wildman–Crippen LogP) is 5.24. The molecule has 0 spiro atoms. The number of amidine groups is 1. The Balaban J connectivity index is 1.72. The number of thiophene rings is 1. The molecule has 0 aliphatic carbocycles. The van der Waals surface area contributed by atoms with Crippen LogP contribution in [0, 0.1) is 26.7 Å². The van der Waals surface area contributed by atoms with Crippen molar-refractivity contribution in [1.29, 1.82) is 0 Å². The summed E-state index contributed by atoms with van der Waals surface area (Å²) in [6, 6.07) is 9.95. The van der Waals surface area contributed by atoms with Crippen molar-refractivity contribution in [2.24, 2.45) is 10.9 Å². The van der Waals surface area contributed by atoms with Crippen molar-refractivity contribution in [2.75, 3.05) is 17.6 Å². The molecule has 1 N–H and O–H groups in total. The first-order valence-electron chi connectivity index (χ1n) is 9.91. The minimum Gasteiger partial charge on any atom is -0.325 e. The number of benzene rings is 1. The molecule has 2 heterocycles. The Kier molecular flexibility index (Phi) is 7.15. The number of aryl methyl sites for hydroxylation is 3. The molecule has 5 nitrogen and oxygen atoms in total. The average Bonchev–Trinajstić information content (AvgIpc) is 3.20. The van der Waals surface area contributed by atoms with Crippen LogP contribution in [-0.2, 0) is 9.59 Å². The zero-order valence-electron chi connectivity index (χ0n) is 18.0. The summed E-state index contributed by atoms with van der Waals surface area (Å²) in [5.41, 5.74) is 3.42. The third kappa shape index (κ3) is 5.61.